The largest absolute Gasteiger partial charge is 0.497 e. The fourth-order valence-electron chi connectivity index (χ4n) is 3.15. The third-order valence-corrected chi connectivity index (χ3v) is 4.51. The van der Waals surface area contributed by atoms with E-state index in [2.05, 4.69) is 10.6 Å². The Bertz CT molecular complexity index is 516. The predicted molar refractivity (Wildman–Crippen MR) is 85.3 cm³/mol. The highest BCUT2D eigenvalue weighted by Crippen LogP contribution is 2.35. The Morgan fingerprint density at radius 2 is 1.87 bits per heavy atom. The van der Waals surface area contributed by atoms with Crippen LogP contribution in [0.4, 0.5) is 4.79 Å². The molecule has 2 aliphatic rings. The zero-order valence-electron chi connectivity index (χ0n) is 13.5. The lowest BCUT2D eigenvalue weighted by Gasteiger charge is -2.35. The molecule has 0 bridgehead atoms. The number of methoxy groups -OCH3 is 1. The summed E-state index contributed by atoms with van der Waals surface area (Å²) in [5, 5.41) is 5.92. The highest BCUT2D eigenvalue weighted by atomic mass is 16.7. The van der Waals surface area contributed by atoms with Crippen LogP contribution in [0.15, 0.2) is 24.3 Å². The normalized spacial score (nSPS) is 20.4. The molecular weight excluding hydrogens is 296 g/mol. The van der Waals surface area contributed by atoms with E-state index in [4.69, 9.17) is 14.2 Å². The van der Waals surface area contributed by atoms with Crippen molar-refractivity contribution in [1.82, 2.24) is 10.6 Å². The fraction of sp³-hybridized carbons (Fsp3) is 0.588. The molecule has 0 unspecified atom stereocenters. The molecule has 1 aliphatic heterocycles. The van der Waals surface area contributed by atoms with Gasteiger partial charge in [-0.1, -0.05) is 12.1 Å². The maximum absolute atomic E-state index is 12.0. The van der Waals surface area contributed by atoms with E-state index in [0.29, 0.717) is 19.8 Å². The molecule has 0 atom stereocenters. The lowest BCUT2D eigenvalue weighted by Crippen LogP contribution is -2.47. The Kier molecular flexibility index (Phi) is 5.03. The number of nitrogens with one attached hydrogen (secondary N) is 2. The number of rotatable bonds is 4. The summed E-state index contributed by atoms with van der Waals surface area (Å²) in [7, 11) is 1.64. The molecular formula is C17H24N2O4. The molecule has 6 nitrogen and oxygen atoms in total. The van der Waals surface area contributed by atoms with Gasteiger partial charge < -0.3 is 24.8 Å². The van der Waals surface area contributed by atoms with Crippen LogP contribution in [0.25, 0.3) is 0 Å². The van der Waals surface area contributed by atoms with E-state index in [1.807, 2.05) is 24.3 Å². The van der Waals surface area contributed by atoms with Crippen molar-refractivity contribution in [3.63, 3.8) is 0 Å². The van der Waals surface area contributed by atoms with Crippen LogP contribution < -0.4 is 15.4 Å². The summed E-state index contributed by atoms with van der Waals surface area (Å²) in [6.45, 7) is 1.86. The van der Waals surface area contributed by atoms with E-state index in [0.717, 1.165) is 37.0 Å². The van der Waals surface area contributed by atoms with Crippen molar-refractivity contribution in [2.45, 2.75) is 44.1 Å². The molecule has 1 spiro atoms. The van der Waals surface area contributed by atoms with Crippen molar-refractivity contribution in [2.75, 3.05) is 20.3 Å². The third-order valence-electron chi connectivity index (χ3n) is 4.51. The molecule has 1 aromatic carbocycles. The summed E-state index contributed by atoms with van der Waals surface area (Å²) in [4.78, 5) is 12.0. The van der Waals surface area contributed by atoms with Gasteiger partial charge in [-0.25, -0.2) is 4.79 Å². The quantitative estimate of drug-likeness (QED) is 0.892. The molecule has 2 amide bonds. The number of carbonyl (C=O) groups is 1. The first-order valence-corrected chi connectivity index (χ1v) is 8.14. The van der Waals surface area contributed by atoms with Crippen LogP contribution >= 0.6 is 0 Å². The summed E-state index contributed by atoms with van der Waals surface area (Å²) in [6.07, 6.45) is 3.46. The zero-order valence-corrected chi connectivity index (χ0v) is 13.5. The number of benzene rings is 1. The molecule has 0 aromatic heterocycles. The van der Waals surface area contributed by atoms with Crippen LogP contribution in [0, 0.1) is 0 Å². The molecule has 1 aliphatic carbocycles. The fourth-order valence-corrected chi connectivity index (χ4v) is 3.15. The van der Waals surface area contributed by atoms with Crippen molar-refractivity contribution >= 4 is 6.03 Å². The van der Waals surface area contributed by atoms with Crippen molar-refractivity contribution < 1.29 is 19.0 Å². The van der Waals surface area contributed by atoms with E-state index >= 15 is 0 Å². The molecule has 1 heterocycles. The van der Waals surface area contributed by atoms with Crippen LogP contribution in [0.2, 0.25) is 0 Å². The Labute approximate surface area is 136 Å². The van der Waals surface area contributed by atoms with E-state index < -0.39 is 0 Å². The predicted octanol–water partition coefficient (Wildman–Crippen LogP) is 2.18. The molecule has 1 aromatic rings. The highest BCUT2D eigenvalue weighted by molar-refractivity contribution is 5.74. The van der Waals surface area contributed by atoms with Gasteiger partial charge in [-0.05, 0) is 30.5 Å². The van der Waals surface area contributed by atoms with Gasteiger partial charge in [0.1, 0.15) is 5.75 Å². The minimum Gasteiger partial charge on any atom is -0.497 e. The SMILES string of the molecule is COc1ccc(CNC(=O)NC2CCC3(CC2)OCCO3)cc1. The van der Waals surface area contributed by atoms with Crippen molar-refractivity contribution in [2.24, 2.45) is 0 Å². The first kappa shape index (κ1) is 16.1. The monoisotopic (exact) mass is 320 g/mol. The molecule has 23 heavy (non-hydrogen) atoms. The van der Waals surface area contributed by atoms with Gasteiger partial charge in [0.15, 0.2) is 5.79 Å². The molecule has 126 valence electrons. The molecule has 2 fully saturated rings. The molecule has 6 heteroatoms. The Balaban J connectivity index is 1.39. The summed E-state index contributed by atoms with van der Waals surface area (Å²) in [5.41, 5.74) is 1.04. The zero-order chi connectivity index (χ0) is 16.1. The second-order valence-electron chi connectivity index (χ2n) is 6.06. The third kappa shape index (κ3) is 4.14. The van der Waals surface area contributed by atoms with Gasteiger partial charge in [0.2, 0.25) is 0 Å². The standard InChI is InChI=1S/C17H24N2O4/c1-21-15-4-2-13(3-5-15)12-18-16(20)19-14-6-8-17(9-7-14)22-10-11-23-17/h2-5,14H,6-12H2,1H3,(H2,18,19,20). The molecule has 1 saturated carbocycles. The number of amides is 2. The van der Waals surface area contributed by atoms with Crippen molar-refractivity contribution in [3.05, 3.63) is 29.8 Å². The van der Waals surface area contributed by atoms with Crippen LogP contribution in [0.3, 0.4) is 0 Å². The maximum Gasteiger partial charge on any atom is 0.315 e. The van der Waals surface area contributed by atoms with Crippen LogP contribution in [0.1, 0.15) is 31.2 Å². The van der Waals surface area contributed by atoms with Gasteiger partial charge in [-0.2, -0.15) is 0 Å². The van der Waals surface area contributed by atoms with Gasteiger partial charge in [-0.3, -0.25) is 0 Å². The van der Waals surface area contributed by atoms with Gasteiger partial charge in [0, 0.05) is 25.4 Å². The average Bonchev–Trinajstić information content (AvgIpc) is 3.04. The summed E-state index contributed by atoms with van der Waals surface area (Å²) in [5.74, 6) is 0.434. The van der Waals surface area contributed by atoms with E-state index in [-0.39, 0.29) is 17.9 Å². The van der Waals surface area contributed by atoms with Crippen molar-refractivity contribution in [1.29, 1.82) is 0 Å². The second kappa shape index (κ2) is 7.19. The Hall–Kier alpha value is -1.79. The molecule has 0 radical (unpaired) electrons. The lowest BCUT2D eigenvalue weighted by atomic mass is 9.90. The molecule has 3 rings (SSSR count). The number of hydrogen-bond acceptors (Lipinski definition) is 4. The maximum atomic E-state index is 12.0. The summed E-state index contributed by atoms with van der Waals surface area (Å²) < 4.78 is 16.5. The number of urea groups is 1. The average molecular weight is 320 g/mol. The number of carbonyl (C=O) groups excluding carboxylic acids is 1. The van der Waals surface area contributed by atoms with Crippen LogP contribution in [0.5, 0.6) is 5.75 Å². The first-order chi connectivity index (χ1) is 11.2. The van der Waals surface area contributed by atoms with Crippen LogP contribution in [-0.2, 0) is 16.0 Å². The number of hydrogen-bond donors (Lipinski definition) is 2. The highest BCUT2D eigenvalue weighted by Gasteiger charge is 2.40. The lowest BCUT2D eigenvalue weighted by molar-refractivity contribution is -0.179. The van der Waals surface area contributed by atoms with E-state index in [9.17, 15) is 4.79 Å². The smallest absolute Gasteiger partial charge is 0.315 e. The van der Waals surface area contributed by atoms with Gasteiger partial charge in [0.25, 0.3) is 0 Å². The Morgan fingerprint density at radius 1 is 1.22 bits per heavy atom. The van der Waals surface area contributed by atoms with E-state index in [1.54, 1.807) is 7.11 Å². The van der Waals surface area contributed by atoms with Gasteiger partial charge in [0.05, 0.1) is 20.3 Å². The molecule has 1 saturated heterocycles. The van der Waals surface area contributed by atoms with E-state index in [1.165, 1.54) is 0 Å². The summed E-state index contributed by atoms with van der Waals surface area (Å²) >= 11 is 0. The Morgan fingerprint density at radius 3 is 2.48 bits per heavy atom. The minimum atomic E-state index is -0.377. The first-order valence-electron chi connectivity index (χ1n) is 8.14. The minimum absolute atomic E-state index is 0.130. The van der Waals surface area contributed by atoms with Crippen LogP contribution in [-0.4, -0.2) is 38.2 Å². The second-order valence-corrected chi connectivity index (χ2v) is 6.06. The topological polar surface area (TPSA) is 68.8 Å². The van der Waals surface area contributed by atoms with Crippen molar-refractivity contribution in [3.8, 4) is 5.75 Å². The van der Waals surface area contributed by atoms with Gasteiger partial charge >= 0.3 is 6.03 Å². The summed E-state index contributed by atoms with van der Waals surface area (Å²) in [6, 6.07) is 7.71. The number of ether oxygens (including phenoxy) is 3. The van der Waals surface area contributed by atoms with Gasteiger partial charge in [-0.15, -0.1) is 0 Å². The molecule has 2 N–H and O–H groups in total.